The van der Waals surface area contributed by atoms with Gasteiger partial charge in [0.05, 0.1) is 11.7 Å². The lowest BCUT2D eigenvalue weighted by molar-refractivity contribution is -0.118. The SMILES string of the molecule is CCC(=O)N1c2ccccc2[C@@H](N(C(=O)c2ccccc2)c2ccccc2F)C[C@H]1C. The molecule has 5 heteroatoms. The molecule has 0 unspecified atom stereocenters. The van der Waals surface area contributed by atoms with Gasteiger partial charge < -0.3 is 4.90 Å². The van der Waals surface area contributed by atoms with Gasteiger partial charge in [-0.15, -0.1) is 0 Å². The topological polar surface area (TPSA) is 40.6 Å². The van der Waals surface area contributed by atoms with Crippen LogP contribution in [0.4, 0.5) is 15.8 Å². The molecular formula is C26H25FN2O2. The van der Waals surface area contributed by atoms with Crippen molar-refractivity contribution in [3.05, 3.63) is 95.8 Å². The van der Waals surface area contributed by atoms with Crippen molar-refractivity contribution >= 4 is 23.2 Å². The lowest BCUT2D eigenvalue weighted by Gasteiger charge is -2.43. The van der Waals surface area contributed by atoms with Crippen LogP contribution < -0.4 is 9.80 Å². The molecule has 3 aromatic rings. The van der Waals surface area contributed by atoms with E-state index in [1.54, 1.807) is 52.3 Å². The fraction of sp³-hybridized carbons (Fsp3) is 0.231. The van der Waals surface area contributed by atoms with Crippen molar-refractivity contribution in [3.63, 3.8) is 0 Å². The molecule has 0 radical (unpaired) electrons. The van der Waals surface area contributed by atoms with Gasteiger partial charge in [0.1, 0.15) is 5.82 Å². The summed E-state index contributed by atoms with van der Waals surface area (Å²) in [5.74, 6) is -0.692. The highest BCUT2D eigenvalue weighted by atomic mass is 19.1. The van der Waals surface area contributed by atoms with Gasteiger partial charge in [-0.1, -0.05) is 55.5 Å². The molecule has 4 nitrogen and oxygen atoms in total. The minimum Gasteiger partial charge on any atom is -0.309 e. The largest absolute Gasteiger partial charge is 0.309 e. The predicted molar refractivity (Wildman–Crippen MR) is 121 cm³/mol. The Bertz CT molecular complexity index is 1100. The van der Waals surface area contributed by atoms with E-state index >= 15 is 0 Å². The first-order valence-corrected chi connectivity index (χ1v) is 10.6. The smallest absolute Gasteiger partial charge is 0.258 e. The van der Waals surface area contributed by atoms with Crippen LogP contribution in [-0.2, 0) is 4.79 Å². The molecule has 0 aromatic heterocycles. The number of hydrogen-bond acceptors (Lipinski definition) is 2. The van der Waals surface area contributed by atoms with E-state index < -0.39 is 11.9 Å². The predicted octanol–water partition coefficient (Wildman–Crippen LogP) is 5.75. The molecule has 0 spiro atoms. The van der Waals surface area contributed by atoms with Gasteiger partial charge in [0.2, 0.25) is 5.91 Å². The lowest BCUT2D eigenvalue weighted by atomic mass is 9.89. The monoisotopic (exact) mass is 416 g/mol. The maximum absolute atomic E-state index is 14.9. The van der Waals surface area contributed by atoms with Crippen LogP contribution in [0.25, 0.3) is 0 Å². The molecule has 0 fully saturated rings. The van der Waals surface area contributed by atoms with E-state index in [4.69, 9.17) is 0 Å². The number of hydrogen-bond donors (Lipinski definition) is 0. The molecule has 0 bridgehead atoms. The summed E-state index contributed by atoms with van der Waals surface area (Å²) < 4.78 is 14.9. The van der Waals surface area contributed by atoms with Gasteiger partial charge in [0, 0.05) is 23.7 Å². The Balaban J connectivity index is 1.88. The number of fused-ring (bicyclic) bond motifs is 1. The zero-order valence-corrected chi connectivity index (χ0v) is 17.7. The van der Waals surface area contributed by atoms with Crippen LogP contribution in [0.5, 0.6) is 0 Å². The van der Waals surface area contributed by atoms with E-state index in [9.17, 15) is 14.0 Å². The van der Waals surface area contributed by atoms with E-state index in [1.165, 1.54) is 6.07 Å². The number of halogens is 1. The van der Waals surface area contributed by atoms with Crippen LogP contribution in [0.15, 0.2) is 78.9 Å². The summed E-state index contributed by atoms with van der Waals surface area (Å²) >= 11 is 0. The van der Waals surface area contributed by atoms with Crippen molar-refractivity contribution in [1.29, 1.82) is 0 Å². The first-order chi connectivity index (χ1) is 15.0. The van der Waals surface area contributed by atoms with Crippen LogP contribution in [0.2, 0.25) is 0 Å². The molecule has 0 N–H and O–H groups in total. The van der Waals surface area contributed by atoms with Crippen LogP contribution in [0.3, 0.4) is 0 Å². The molecule has 0 saturated carbocycles. The Morgan fingerprint density at radius 1 is 0.968 bits per heavy atom. The van der Waals surface area contributed by atoms with Crippen LogP contribution >= 0.6 is 0 Å². The van der Waals surface area contributed by atoms with E-state index in [0.29, 0.717) is 18.4 Å². The maximum Gasteiger partial charge on any atom is 0.258 e. The second-order valence-corrected chi connectivity index (χ2v) is 7.77. The zero-order valence-electron chi connectivity index (χ0n) is 17.7. The van der Waals surface area contributed by atoms with Crippen molar-refractivity contribution in [1.82, 2.24) is 0 Å². The highest BCUT2D eigenvalue weighted by Crippen LogP contribution is 2.43. The third-order valence-corrected chi connectivity index (χ3v) is 5.79. The summed E-state index contributed by atoms with van der Waals surface area (Å²) in [5, 5.41) is 0. The second-order valence-electron chi connectivity index (χ2n) is 7.77. The number of carbonyl (C=O) groups excluding carboxylic acids is 2. The Morgan fingerprint density at radius 3 is 2.32 bits per heavy atom. The van der Waals surface area contributed by atoms with E-state index in [2.05, 4.69) is 0 Å². The van der Waals surface area contributed by atoms with Gasteiger partial charge in [0.15, 0.2) is 0 Å². The standard InChI is InChI=1S/C26H25FN2O2/c1-3-25(30)28-18(2)17-24(20-13-7-9-15-22(20)28)29(23-16-10-8-14-21(23)27)26(31)19-11-5-4-6-12-19/h4-16,18,24H,3,17H2,1-2H3/t18-,24+/m1/s1. The van der Waals surface area contributed by atoms with Gasteiger partial charge in [-0.05, 0) is 49.2 Å². The minimum absolute atomic E-state index is 0.0326. The fourth-order valence-electron chi connectivity index (χ4n) is 4.36. The molecule has 2 amide bonds. The van der Waals surface area contributed by atoms with Crippen molar-refractivity contribution in [2.45, 2.75) is 38.8 Å². The second kappa shape index (κ2) is 8.72. The Hall–Kier alpha value is -3.47. The Kier molecular flexibility index (Phi) is 5.85. The number of benzene rings is 3. The number of rotatable bonds is 4. The highest BCUT2D eigenvalue weighted by Gasteiger charge is 2.39. The molecule has 4 rings (SSSR count). The van der Waals surface area contributed by atoms with Crippen LogP contribution in [-0.4, -0.2) is 17.9 Å². The molecule has 2 atom stereocenters. The molecular weight excluding hydrogens is 391 g/mol. The van der Waals surface area contributed by atoms with Gasteiger partial charge >= 0.3 is 0 Å². The van der Waals surface area contributed by atoms with E-state index in [0.717, 1.165) is 11.3 Å². The van der Waals surface area contributed by atoms with Crippen LogP contribution in [0, 0.1) is 5.82 Å². The number of anilines is 2. The average Bonchev–Trinajstić information content (AvgIpc) is 2.80. The highest BCUT2D eigenvalue weighted by molar-refractivity contribution is 6.07. The van der Waals surface area contributed by atoms with Gasteiger partial charge in [0.25, 0.3) is 5.91 Å². The molecule has 1 heterocycles. The molecule has 1 aliphatic heterocycles. The first-order valence-electron chi connectivity index (χ1n) is 10.6. The summed E-state index contributed by atoms with van der Waals surface area (Å²) in [6.07, 6.45) is 0.902. The quantitative estimate of drug-likeness (QED) is 0.543. The number of para-hydroxylation sites is 2. The average molecular weight is 416 g/mol. The number of amides is 2. The summed E-state index contributed by atoms with van der Waals surface area (Å²) in [5.41, 5.74) is 2.34. The normalized spacial score (nSPS) is 17.7. The Labute approximate surface area is 181 Å². The van der Waals surface area contributed by atoms with Crippen molar-refractivity contribution in [3.8, 4) is 0 Å². The maximum atomic E-state index is 14.9. The molecule has 158 valence electrons. The molecule has 1 aliphatic rings. The van der Waals surface area contributed by atoms with Gasteiger partial charge in [-0.25, -0.2) is 4.39 Å². The number of carbonyl (C=O) groups is 2. The Morgan fingerprint density at radius 2 is 1.61 bits per heavy atom. The zero-order chi connectivity index (χ0) is 22.0. The first kappa shape index (κ1) is 20.8. The van der Waals surface area contributed by atoms with Gasteiger partial charge in [-0.3, -0.25) is 14.5 Å². The molecule has 3 aromatic carbocycles. The summed E-state index contributed by atoms with van der Waals surface area (Å²) in [4.78, 5) is 29.7. The fourth-order valence-corrected chi connectivity index (χ4v) is 4.36. The third kappa shape index (κ3) is 3.83. The number of nitrogens with zero attached hydrogens (tertiary/aromatic N) is 2. The van der Waals surface area contributed by atoms with E-state index in [-0.39, 0.29) is 23.5 Å². The van der Waals surface area contributed by atoms with Gasteiger partial charge in [-0.2, -0.15) is 0 Å². The lowest BCUT2D eigenvalue weighted by Crippen LogP contribution is -2.47. The minimum atomic E-state index is -0.455. The molecule has 0 aliphatic carbocycles. The summed E-state index contributed by atoms with van der Waals surface area (Å²) in [6, 6.07) is 22.3. The summed E-state index contributed by atoms with van der Waals surface area (Å²) in [6.45, 7) is 3.82. The van der Waals surface area contributed by atoms with Crippen LogP contribution in [0.1, 0.15) is 48.7 Å². The van der Waals surface area contributed by atoms with Crippen molar-refractivity contribution in [2.75, 3.05) is 9.80 Å². The van der Waals surface area contributed by atoms with Crippen molar-refractivity contribution < 1.29 is 14.0 Å². The molecule has 0 saturated heterocycles. The van der Waals surface area contributed by atoms with E-state index in [1.807, 2.05) is 44.2 Å². The third-order valence-electron chi connectivity index (χ3n) is 5.79. The summed E-state index contributed by atoms with van der Waals surface area (Å²) in [7, 11) is 0. The van der Waals surface area contributed by atoms with Crippen molar-refractivity contribution in [2.24, 2.45) is 0 Å². The molecule has 31 heavy (non-hydrogen) atoms.